The Balaban J connectivity index is 0.000000211. The van der Waals surface area contributed by atoms with Gasteiger partial charge in [0.2, 0.25) is 0 Å². The summed E-state index contributed by atoms with van der Waals surface area (Å²) in [5.41, 5.74) is 5.14. The zero-order valence-corrected chi connectivity index (χ0v) is 13.1. The molecule has 2 aromatic rings. The van der Waals surface area contributed by atoms with Crippen LogP contribution in [0.1, 0.15) is 5.56 Å². The summed E-state index contributed by atoms with van der Waals surface area (Å²) < 4.78 is 29.6. The van der Waals surface area contributed by atoms with E-state index in [1.54, 1.807) is 12.1 Å². The van der Waals surface area contributed by atoms with Gasteiger partial charge in [0.25, 0.3) is 10.1 Å². The summed E-state index contributed by atoms with van der Waals surface area (Å²) in [6.45, 7) is 1.84. The fourth-order valence-corrected chi connectivity index (χ4v) is 1.97. The van der Waals surface area contributed by atoms with E-state index < -0.39 is 10.1 Å². The lowest BCUT2D eigenvalue weighted by atomic mass is 10.2. The third kappa shape index (κ3) is 5.95. The van der Waals surface area contributed by atoms with Crippen LogP contribution in [0.4, 0.5) is 5.69 Å². The molecule has 0 bridgehead atoms. The Kier molecular flexibility index (Phi) is 6.36. The molecule has 0 unspecified atom stereocenters. The number of anilines is 1. The Labute approximate surface area is 125 Å². The number of hydrazine groups is 1. The predicted octanol–water partition coefficient (Wildman–Crippen LogP) is 2.50. The van der Waals surface area contributed by atoms with Crippen LogP contribution in [-0.4, -0.2) is 27.1 Å². The number of hydrogen-bond acceptors (Lipinski definition) is 4. The highest BCUT2D eigenvalue weighted by molar-refractivity contribution is 7.85. The molecule has 0 aliphatic carbocycles. The van der Waals surface area contributed by atoms with Crippen LogP contribution in [0.15, 0.2) is 59.5 Å². The van der Waals surface area contributed by atoms with Gasteiger partial charge in [-0.05, 0) is 31.2 Å². The van der Waals surface area contributed by atoms with Crippen LogP contribution >= 0.6 is 0 Å². The Morgan fingerprint density at radius 2 is 1.52 bits per heavy atom. The zero-order chi connectivity index (χ0) is 15.9. The monoisotopic (exact) mass is 308 g/mol. The van der Waals surface area contributed by atoms with E-state index in [0.717, 1.165) is 5.56 Å². The molecule has 0 spiro atoms. The van der Waals surface area contributed by atoms with Crippen molar-refractivity contribution >= 4 is 15.8 Å². The topological polar surface area (TPSA) is 69.6 Å². The van der Waals surface area contributed by atoms with E-state index in [1.807, 2.05) is 44.2 Å². The molecule has 0 amide bonds. The normalized spacial score (nSPS) is 10.5. The molecule has 5 nitrogen and oxygen atoms in total. The number of benzene rings is 2. The highest BCUT2D eigenvalue weighted by Crippen LogP contribution is 2.08. The number of aryl methyl sites for hydroxylation is 1. The van der Waals surface area contributed by atoms with Gasteiger partial charge in [0, 0.05) is 14.1 Å². The van der Waals surface area contributed by atoms with Gasteiger partial charge < -0.3 is 5.01 Å². The Morgan fingerprint density at radius 1 is 1.00 bits per heavy atom. The summed E-state index contributed by atoms with van der Waals surface area (Å²) in [6.07, 6.45) is 0. The van der Waals surface area contributed by atoms with Crippen molar-refractivity contribution < 1.29 is 13.0 Å². The molecular formula is C15H20N2O3S. The minimum Gasteiger partial charge on any atom is -0.312 e. The molecule has 0 saturated carbocycles. The van der Waals surface area contributed by atoms with Gasteiger partial charge in [0.1, 0.15) is 0 Å². The molecule has 114 valence electrons. The number of nitrogens with one attached hydrogen (secondary N) is 1. The first-order chi connectivity index (χ1) is 9.84. The van der Waals surface area contributed by atoms with Gasteiger partial charge in [0.05, 0.1) is 10.6 Å². The van der Waals surface area contributed by atoms with Gasteiger partial charge in [-0.2, -0.15) is 8.42 Å². The van der Waals surface area contributed by atoms with Crippen molar-refractivity contribution in [3.8, 4) is 0 Å². The van der Waals surface area contributed by atoms with Crippen LogP contribution in [0.3, 0.4) is 0 Å². The van der Waals surface area contributed by atoms with Crippen molar-refractivity contribution in [1.82, 2.24) is 5.43 Å². The quantitative estimate of drug-likeness (QED) is 0.673. The molecule has 0 aliphatic rings. The Morgan fingerprint density at radius 3 is 1.95 bits per heavy atom. The lowest BCUT2D eigenvalue weighted by molar-refractivity contribution is 0.483. The lowest BCUT2D eigenvalue weighted by Gasteiger charge is -2.16. The molecule has 21 heavy (non-hydrogen) atoms. The molecule has 0 radical (unpaired) electrons. The van der Waals surface area contributed by atoms with E-state index in [9.17, 15) is 8.42 Å². The molecule has 0 atom stereocenters. The van der Waals surface area contributed by atoms with Crippen LogP contribution in [0, 0.1) is 6.92 Å². The number of para-hydroxylation sites is 1. The van der Waals surface area contributed by atoms with Crippen LogP contribution in [-0.2, 0) is 10.1 Å². The van der Waals surface area contributed by atoms with Crippen LogP contribution in [0.2, 0.25) is 0 Å². The maximum atomic E-state index is 10.5. The molecule has 0 heterocycles. The lowest BCUT2D eigenvalue weighted by Crippen LogP contribution is -2.30. The van der Waals surface area contributed by atoms with E-state index >= 15 is 0 Å². The van der Waals surface area contributed by atoms with Crippen molar-refractivity contribution in [3.05, 3.63) is 60.2 Å². The Bertz CT molecular complexity index is 640. The van der Waals surface area contributed by atoms with Gasteiger partial charge in [-0.15, -0.1) is 0 Å². The molecular weight excluding hydrogens is 288 g/mol. The summed E-state index contributed by atoms with van der Waals surface area (Å²) >= 11 is 0. The zero-order valence-electron chi connectivity index (χ0n) is 12.3. The molecule has 6 heteroatoms. The molecule has 0 fully saturated rings. The fourth-order valence-electron chi connectivity index (χ4n) is 1.49. The van der Waals surface area contributed by atoms with Crippen molar-refractivity contribution in [2.45, 2.75) is 11.8 Å². The third-order valence-electron chi connectivity index (χ3n) is 2.80. The molecule has 0 aliphatic heterocycles. The van der Waals surface area contributed by atoms with E-state index in [2.05, 4.69) is 17.6 Å². The fraction of sp³-hybridized carbons (Fsp3) is 0.200. The second kappa shape index (κ2) is 7.78. The molecule has 0 aromatic heterocycles. The second-order valence-corrected chi connectivity index (χ2v) is 5.83. The van der Waals surface area contributed by atoms with Gasteiger partial charge in [0.15, 0.2) is 0 Å². The average Bonchev–Trinajstić information content (AvgIpc) is 2.47. The summed E-state index contributed by atoms with van der Waals surface area (Å²) in [5, 5.41) is 1.96. The van der Waals surface area contributed by atoms with Crippen molar-refractivity contribution in [2.24, 2.45) is 0 Å². The highest BCUT2D eigenvalue weighted by atomic mass is 32.2. The van der Waals surface area contributed by atoms with E-state index in [1.165, 1.54) is 17.8 Å². The minimum atomic E-state index is -4.02. The molecule has 2 rings (SSSR count). The Hall–Kier alpha value is -1.89. The molecule has 0 saturated heterocycles. The van der Waals surface area contributed by atoms with Crippen LogP contribution in [0.5, 0.6) is 0 Å². The second-order valence-electron chi connectivity index (χ2n) is 4.41. The number of rotatable bonds is 3. The van der Waals surface area contributed by atoms with E-state index in [0.29, 0.717) is 0 Å². The standard InChI is InChI=1S/C8H12N2.C7H8O3S/c1-9-10(2)8-6-4-3-5-7-8;1-6-2-4-7(5-3-6)11(8,9)10/h3-7,9H,1-2H3;2-5H,1H3,(H,8,9,10). The highest BCUT2D eigenvalue weighted by Gasteiger charge is 2.06. The SMILES string of the molecule is CNN(C)c1ccccc1.Cc1ccc(S(=O)(=O)O)cc1. The summed E-state index contributed by atoms with van der Waals surface area (Å²) in [6, 6.07) is 16.1. The van der Waals surface area contributed by atoms with E-state index in [4.69, 9.17) is 4.55 Å². The maximum Gasteiger partial charge on any atom is 0.294 e. The number of nitrogens with zero attached hydrogens (tertiary/aromatic N) is 1. The summed E-state index contributed by atoms with van der Waals surface area (Å²) in [5.74, 6) is 0. The molecule has 2 aromatic carbocycles. The number of hydrogen-bond donors (Lipinski definition) is 2. The van der Waals surface area contributed by atoms with Crippen LogP contribution in [0.25, 0.3) is 0 Å². The first-order valence-corrected chi connectivity index (χ1v) is 7.79. The van der Waals surface area contributed by atoms with Gasteiger partial charge in [-0.1, -0.05) is 35.9 Å². The first kappa shape index (κ1) is 17.2. The smallest absolute Gasteiger partial charge is 0.294 e. The first-order valence-electron chi connectivity index (χ1n) is 6.35. The third-order valence-corrected chi connectivity index (χ3v) is 3.67. The van der Waals surface area contributed by atoms with Crippen molar-refractivity contribution in [2.75, 3.05) is 19.1 Å². The van der Waals surface area contributed by atoms with Crippen molar-refractivity contribution in [3.63, 3.8) is 0 Å². The largest absolute Gasteiger partial charge is 0.312 e. The average molecular weight is 308 g/mol. The summed E-state index contributed by atoms with van der Waals surface area (Å²) in [7, 11) is -0.142. The van der Waals surface area contributed by atoms with Crippen LogP contribution < -0.4 is 10.4 Å². The predicted molar refractivity (Wildman–Crippen MR) is 84.9 cm³/mol. The van der Waals surface area contributed by atoms with Gasteiger partial charge in [-0.25, -0.2) is 5.43 Å². The van der Waals surface area contributed by atoms with Gasteiger partial charge in [-0.3, -0.25) is 4.55 Å². The van der Waals surface area contributed by atoms with Gasteiger partial charge >= 0.3 is 0 Å². The maximum absolute atomic E-state index is 10.5. The summed E-state index contributed by atoms with van der Waals surface area (Å²) in [4.78, 5) is -0.0666. The van der Waals surface area contributed by atoms with Crippen molar-refractivity contribution in [1.29, 1.82) is 0 Å². The molecule has 2 N–H and O–H groups in total. The minimum absolute atomic E-state index is 0.0666. The van der Waals surface area contributed by atoms with E-state index in [-0.39, 0.29) is 4.90 Å².